The maximum atomic E-state index is 14.9. The largest absolute Gasteiger partial charge is 0.508 e. The van der Waals surface area contributed by atoms with E-state index < -0.39 is 219 Å². The molecular formula is C74H114N12O20. The molecule has 1 unspecified atom stereocenters. The molecule has 590 valence electrons. The number of carboxylic acid groups (broad SMARTS) is 2. The zero-order valence-electron chi connectivity index (χ0n) is 62.1. The highest BCUT2D eigenvalue weighted by Crippen LogP contribution is 2.24. The highest BCUT2D eigenvalue weighted by Gasteiger charge is 2.43. The zero-order chi connectivity index (χ0) is 78.7. The summed E-state index contributed by atoms with van der Waals surface area (Å²) in [5.41, 5.74) is 12.1. The standard InChI is InChI=1S/C74H114N12O20/c1-8-44(6)63-74(105)106-50-29-25-47(26-30-50)40-56(81-65(96)51(21-17-37-75)78-66(97)52(32-35-60(92)93)77-59(91)41-49(89)20-16-14-12-10-9-11-13-15-19-42(2)3)70(101)85-64(45(7)87)72(103)80-54(33-36-61(94)95)68(99)83-62(43(4)5)73(104)86-38-18-22-57(86)71(102)79-53(31-34-58(76)90)67(98)82-55(69(100)84-63)39-46-23-27-48(88)28-24-46/h23-30,42-45,49,51-57,62-64,87-89H,8-22,31-41,75H2,1-7H3,(H2,76,90)(H,77,91)(H,78,97)(H,79,102)(H,80,103)(H,81,96)(H,82,98)(H,83,99)(H,84,100)(H,85,101)(H,92,93)(H,94,95)/t44-,45+,49?,51+,52-,53-,54-,55+,56-,57-,62+,63-,64+/m0/s1. The molecule has 1 fully saturated rings. The van der Waals surface area contributed by atoms with E-state index in [0.29, 0.717) is 30.7 Å². The predicted molar refractivity (Wildman–Crippen MR) is 388 cm³/mol. The molecule has 106 heavy (non-hydrogen) atoms. The van der Waals surface area contributed by atoms with E-state index in [9.17, 15) is 92.7 Å². The van der Waals surface area contributed by atoms with Gasteiger partial charge in [-0.2, -0.15) is 0 Å². The number of hydrogen-bond acceptors (Lipinski definition) is 19. The number of aliphatic hydroxyl groups excluding tert-OH is 2. The Morgan fingerprint density at radius 2 is 1.14 bits per heavy atom. The zero-order valence-corrected chi connectivity index (χ0v) is 62.1. The molecule has 2 bridgehead atoms. The molecule has 0 saturated carbocycles. The summed E-state index contributed by atoms with van der Waals surface area (Å²) in [5.74, 6) is -15.4. The van der Waals surface area contributed by atoms with Crippen LogP contribution in [0.15, 0.2) is 48.5 Å². The molecule has 2 aromatic rings. The van der Waals surface area contributed by atoms with Gasteiger partial charge in [-0.15, -0.1) is 0 Å². The molecule has 0 aliphatic carbocycles. The Kier molecular flexibility index (Phi) is 38.6. The molecule has 3 heterocycles. The number of aromatic hydroxyl groups is 1. The van der Waals surface area contributed by atoms with Crippen LogP contribution in [-0.2, 0) is 80.0 Å². The summed E-state index contributed by atoms with van der Waals surface area (Å²) in [5, 5.41) is 74.6. The second-order valence-electron chi connectivity index (χ2n) is 28.5. The summed E-state index contributed by atoms with van der Waals surface area (Å²) >= 11 is 0. The minimum Gasteiger partial charge on any atom is -0.508 e. The van der Waals surface area contributed by atoms with Crippen LogP contribution >= 0.6 is 0 Å². The third kappa shape index (κ3) is 31.4. The Bertz CT molecular complexity index is 3260. The van der Waals surface area contributed by atoms with E-state index in [2.05, 4.69) is 61.7 Å². The van der Waals surface area contributed by atoms with Gasteiger partial charge in [0.05, 0.1) is 18.6 Å². The van der Waals surface area contributed by atoms with Crippen LogP contribution in [-0.4, -0.2) is 199 Å². The van der Waals surface area contributed by atoms with Gasteiger partial charge in [0.2, 0.25) is 65.0 Å². The SMILES string of the molecule is CC[C@H](C)[C@@H]1NC(=O)[C@@H](Cc2ccc(O)cc2)NC(=O)[C@H](CCC(N)=O)NC(=O)[C@@H]2CCCN2C(=O)[C@@H](C(C)C)NC(=O)[C@H](CCC(=O)O)NC(=O)[C@@H]([C@@H](C)O)NC(=O)[C@@H](NC(=O)[C@@H](CCCN)NC(=O)[C@H](CCC(=O)O)NC(=O)CC(O)CCCCCCCCCCC(C)C)Cc2ccc(cc2)OC1=O. The number of esters is 1. The van der Waals surface area contributed by atoms with Crippen molar-refractivity contribution < 1.29 is 97.4 Å². The van der Waals surface area contributed by atoms with E-state index in [1.807, 2.05) is 0 Å². The normalized spacial score (nSPS) is 21.9. The summed E-state index contributed by atoms with van der Waals surface area (Å²) in [6.45, 7) is 11.9. The third-order valence-electron chi connectivity index (χ3n) is 18.8. The molecule has 11 amide bonds. The number of unbranched alkanes of at least 4 members (excludes halogenated alkanes) is 7. The fourth-order valence-electron chi connectivity index (χ4n) is 12.4. The lowest BCUT2D eigenvalue weighted by Gasteiger charge is -2.32. The van der Waals surface area contributed by atoms with E-state index in [1.165, 1.54) is 67.8 Å². The number of carbonyl (C=O) groups excluding carboxylic acids is 12. The average molecular weight is 1490 g/mol. The van der Waals surface area contributed by atoms with E-state index in [1.54, 1.807) is 27.7 Å². The van der Waals surface area contributed by atoms with Gasteiger partial charge in [0.15, 0.2) is 0 Å². The number of hydrogen-bond donors (Lipinski definition) is 16. The van der Waals surface area contributed by atoms with Crippen molar-refractivity contribution in [1.82, 2.24) is 52.8 Å². The highest BCUT2D eigenvalue weighted by molar-refractivity contribution is 6.00. The summed E-state index contributed by atoms with van der Waals surface area (Å²) in [7, 11) is 0. The van der Waals surface area contributed by atoms with Gasteiger partial charge < -0.3 is 94.5 Å². The first-order chi connectivity index (χ1) is 50.2. The van der Waals surface area contributed by atoms with Crippen LogP contribution in [0.3, 0.4) is 0 Å². The fourth-order valence-corrected chi connectivity index (χ4v) is 12.4. The number of benzene rings is 2. The maximum Gasteiger partial charge on any atom is 0.334 e. The Labute approximate surface area is 619 Å². The second kappa shape index (κ2) is 45.9. The third-order valence-corrected chi connectivity index (χ3v) is 18.8. The van der Waals surface area contributed by atoms with Crippen LogP contribution in [0.1, 0.15) is 201 Å². The number of phenols is 1. The Hall–Kier alpha value is -9.30. The lowest BCUT2D eigenvalue weighted by molar-refractivity contribution is -0.144. The van der Waals surface area contributed by atoms with E-state index >= 15 is 0 Å². The van der Waals surface area contributed by atoms with Crippen LogP contribution in [0.4, 0.5) is 0 Å². The number of phenolic OH excluding ortho intramolecular Hbond substituents is 1. The Morgan fingerprint density at radius 3 is 1.72 bits per heavy atom. The van der Waals surface area contributed by atoms with Crippen molar-refractivity contribution >= 4 is 82.9 Å². The number of aliphatic carboxylic acids is 2. The number of rotatable bonds is 36. The molecule has 32 heteroatoms. The summed E-state index contributed by atoms with van der Waals surface area (Å²) in [4.78, 5) is 196. The highest BCUT2D eigenvalue weighted by atomic mass is 16.5. The van der Waals surface area contributed by atoms with Gasteiger partial charge in [0.1, 0.15) is 71.9 Å². The molecule has 32 nitrogen and oxygen atoms in total. The lowest BCUT2D eigenvalue weighted by atomic mass is 9.97. The maximum absolute atomic E-state index is 14.9. The minimum atomic E-state index is -1.99. The van der Waals surface area contributed by atoms with E-state index in [4.69, 9.17) is 16.2 Å². The number of nitrogens with two attached hydrogens (primary N) is 2. The van der Waals surface area contributed by atoms with Gasteiger partial charge in [-0.25, -0.2) is 4.79 Å². The number of carboxylic acids is 2. The van der Waals surface area contributed by atoms with Crippen LogP contribution < -0.4 is 64.1 Å². The first-order valence-corrected chi connectivity index (χ1v) is 37.1. The molecule has 0 spiro atoms. The van der Waals surface area contributed by atoms with Gasteiger partial charge in [-0.3, -0.25) is 62.3 Å². The van der Waals surface area contributed by atoms with Crippen molar-refractivity contribution in [3.63, 3.8) is 0 Å². The summed E-state index contributed by atoms with van der Waals surface area (Å²) in [6.07, 6.45) is 2.76. The molecular weight excluding hydrogens is 1380 g/mol. The summed E-state index contributed by atoms with van der Waals surface area (Å²) < 4.78 is 5.83. The van der Waals surface area contributed by atoms with Crippen molar-refractivity contribution in [1.29, 1.82) is 0 Å². The van der Waals surface area contributed by atoms with Crippen molar-refractivity contribution in [2.75, 3.05) is 13.1 Å². The molecule has 18 N–H and O–H groups in total. The van der Waals surface area contributed by atoms with Gasteiger partial charge in [-0.1, -0.05) is 130 Å². The number of ether oxygens (including phenoxy) is 1. The molecule has 0 aromatic heterocycles. The number of aliphatic hydroxyl groups is 2. The Balaban J connectivity index is 1.78. The average Bonchev–Trinajstić information content (AvgIpc) is 1.61. The second-order valence-corrected chi connectivity index (χ2v) is 28.5. The van der Waals surface area contributed by atoms with E-state index in [-0.39, 0.29) is 62.3 Å². The van der Waals surface area contributed by atoms with Crippen molar-refractivity contribution in [3.8, 4) is 11.5 Å². The predicted octanol–water partition coefficient (Wildman–Crippen LogP) is 1.58. The number of nitrogens with zero attached hydrogens (tertiary/aromatic N) is 1. The van der Waals surface area contributed by atoms with Gasteiger partial charge in [0.25, 0.3) is 0 Å². The molecule has 3 aliphatic rings. The molecule has 2 aromatic carbocycles. The summed E-state index contributed by atoms with van der Waals surface area (Å²) in [6, 6.07) is -4.88. The molecule has 13 atom stereocenters. The monoisotopic (exact) mass is 1490 g/mol. The van der Waals surface area contributed by atoms with Crippen LogP contribution in [0.5, 0.6) is 11.5 Å². The van der Waals surface area contributed by atoms with E-state index in [0.717, 1.165) is 43.9 Å². The molecule has 5 rings (SSSR count). The minimum absolute atomic E-state index is 0.0237. The van der Waals surface area contributed by atoms with Crippen LogP contribution in [0, 0.1) is 17.8 Å². The van der Waals surface area contributed by atoms with Gasteiger partial charge in [0, 0.05) is 38.6 Å². The first kappa shape index (κ1) is 89.1. The Morgan fingerprint density at radius 1 is 0.594 bits per heavy atom. The number of amides is 11. The fraction of sp³-hybridized carbons (Fsp3) is 0.649. The first-order valence-electron chi connectivity index (χ1n) is 37.1. The molecule has 1 saturated heterocycles. The van der Waals surface area contributed by atoms with Gasteiger partial charge in [-0.05, 0) is 118 Å². The lowest BCUT2D eigenvalue weighted by Crippen LogP contribution is -2.62. The van der Waals surface area contributed by atoms with Crippen molar-refractivity contribution in [3.05, 3.63) is 59.7 Å². The quantitative estimate of drug-likeness (QED) is 0.0199. The van der Waals surface area contributed by atoms with Crippen LogP contribution in [0.25, 0.3) is 0 Å². The number of fused-ring (bicyclic) bond motifs is 23. The molecule has 3 aliphatic heterocycles. The van der Waals surface area contributed by atoms with Crippen LogP contribution in [0.2, 0.25) is 0 Å². The van der Waals surface area contributed by atoms with Crippen molar-refractivity contribution in [2.24, 2.45) is 29.2 Å². The van der Waals surface area contributed by atoms with Crippen molar-refractivity contribution in [2.45, 2.75) is 275 Å². The number of nitrogens with one attached hydrogen (secondary N) is 9. The number of primary amides is 1. The smallest absolute Gasteiger partial charge is 0.334 e. The van der Waals surface area contributed by atoms with Gasteiger partial charge >= 0.3 is 17.9 Å². The topological polar surface area (TPSA) is 513 Å². The number of carbonyl (C=O) groups is 14. The molecule has 0 radical (unpaired) electrons.